The normalized spacial score (nSPS) is 14.6. The number of carbonyl (C=O) groups excluding carboxylic acids is 1. The van der Waals surface area contributed by atoms with E-state index in [1.54, 1.807) is 0 Å². The topological polar surface area (TPSA) is 20.3 Å². The van der Waals surface area contributed by atoms with Gasteiger partial charge in [0.15, 0.2) is 5.78 Å². The smallest absolute Gasteiger partial charge is 0.166 e. The third-order valence-electron chi connectivity index (χ3n) is 3.13. The molecule has 0 unspecified atom stereocenters. The fraction of sp³-hybridized carbons (Fsp3) is 0.133. The third kappa shape index (κ3) is 1.72. The Labute approximate surface area is 100 Å². The van der Waals surface area contributed by atoms with E-state index in [9.17, 15) is 4.79 Å². The second-order valence-corrected chi connectivity index (χ2v) is 4.18. The first kappa shape index (κ1) is 10.1. The molecule has 0 spiro atoms. The molecule has 2 nitrogen and oxygen atoms in total. The van der Waals surface area contributed by atoms with Crippen LogP contribution in [0.3, 0.4) is 0 Å². The van der Waals surface area contributed by atoms with Gasteiger partial charge in [0.25, 0.3) is 0 Å². The molecule has 1 aliphatic heterocycles. The number of para-hydroxylation sites is 2. The monoisotopic (exact) mass is 223 g/mol. The summed E-state index contributed by atoms with van der Waals surface area (Å²) >= 11 is 0. The quantitative estimate of drug-likeness (QED) is 0.738. The van der Waals surface area contributed by atoms with Gasteiger partial charge in [-0.05, 0) is 24.3 Å². The molecule has 0 saturated heterocycles. The van der Waals surface area contributed by atoms with Gasteiger partial charge in [-0.3, -0.25) is 4.79 Å². The molecule has 17 heavy (non-hydrogen) atoms. The largest absolute Gasteiger partial charge is 0.340 e. The maximum absolute atomic E-state index is 11.8. The summed E-state index contributed by atoms with van der Waals surface area (Å²) in [7, 11) is 0. The van der Waals surface area contributed by atoms with Crippen LogP contribution in [0, 0.1) is 0 Å². The van der Waals surface area contributed by atoms with Crippen LogP contribution in [0.4, 0.5) is 11.4 Å². The summed E-state index contributed by atoms with van der Waals surface area (Å²) in [5, 5.41) is 0. The Balaban J connectivity index is 2.10. The lowest BCUT2D eigenvalue weighted by molar-refractivity contribution is 0.0981. The van der Waals surface area contributed by atoms with Gasteiger partial charge >= 0.3 is 0 Å². The molecule has 0 aliphatic carbocycles. The molecular formula is C15H13NO. The van der Waals surface area contributed by atoms with Crippen molar-refractivity contribution >= 4 is 17.2 Å². The summed E-state index contributed by atoms with van der Waals surface area (Å²) in [4.78, 5) is 14.0. The Bertz CT molecular complexity index is 548. The van der Waals surface area contributed by atoms with Crippen LogP contribution in [0.1, 0.15) is 16.8 Å². The predicted molar refractivity (Wildman–Crippen MR) is 68.8 cm³/mol. The highest BCUT2D eigenvalue weighted by atomic mass is 16.1. The molecule has 0 radical (unpaired) electrons. The molecule has 0 fully saturated rings. The summed E-state index contributed by atoms with van der Waals surface area (Å²) in [6.07, 6.45) is 0.589. The molecule has 2 heteroatoms. The minimum absolute atomic E-state index is 0.243. The van der Waals surface area contributed by atoms with Crippen LogP contribution < -0.4 is 4.90 Å². The van der Waals surface area contributed by atoms with Crippen molar-refractivity contribution < 1.29 is 4.79 Å². The zero-order chi connectivity index (χ0) is 11.7. The van der Waals surface area contributed by atoms with Crippen LogP contribution in [0.15, 0.2) is 54.6 Å². The number of nitrogens with zero attached hydrogens (tertiary/aromatic N) is 1. The van der Waals surface area contributed by atoms with E-state index >= 15 is 0 Å². The van der Waals surface area contributed by atoms with Crippen molar-refractivity contribution in [3.63, 3.8) is 0 Å². The van der Waals surface area contributed by atoms with Crippen molar-refractivity contribution in [2.24, 2.45) is 0 Å². The van der Waals surface area contributed by atoms with Crippen molar-refractivity contribution in [3.8, 4) is 0 Å². The molecule has 0 atom stereocenters. The van der Waals surface area contributed by atoms with E-state index < -0.39 is 0 Å². The van der Waals surface area contributed by atoms with Crippen LogP contribution in [0.25, 0.3) is 0 Å². The number of carbonyl (C=O) groups is 1. The minimum Gasteiger partial charge on any atom is -0.340 e. The van der Waals surface area contributed by atoms with Gasteiger partial charge < -0.3 is 4.90 Å². The number of Topliss-reactive ketones (excluding diaryl/α,β-unsaturated/α-hetero) is 1. The Morgan fingerprint density at radius 3 is 2.41 bits per heavy atom. The second-order valence-electron chi connectivity index (χ2n) is 4.18. The first-order valence-corrected chi connectivity index (χ1v) is 5.81. The Morgan fingerprint density at radius 2 is 1.59 bits per heavy atom. The molecule has 0 aromatic heterocycles. The molecule has 0 bridgehead atoms. The van der Waals surface area contributed by atoms with Crippen molar-refractivity contribution in [3.05, 3.63) is 60.2 Å². The van der Waals surface area contributed by atoms with Gasteiger partial charge in [-0.1, -0.05) is 30.3 Å². The van der Waals surface area contributed by atoms with Gasteiger partial charge in [0.05, 0.1) is 5.69 Å². The van der Waals surface area contributed by atoms with Gasteiger partial charge in [-0.25, -0.2) is 0 Å². The van der Waals surface area contributed by atoms with Gasteiger partial charge in [0.2, 0.25) is 0 Å². The highest BCUT2D eigenvalue weighted by Crippen LogP contribution is 2.32. The van der Waals surface area contributed by atoms with Gasteiger partial charge in [-0.2, -0.15) is 0 Å². The van der Waals surface area contributed by atoms with Gasteiger partial charge in [-0.15, -0.1) is 0 Å². The molecule has 2 aromatic rings. The lowest BCUT2D eigenvalue weighted by Crippen LogP contribution is -2.27. The number of anilines is 2. The van der Waals surface area contributed by atoms with Crippen molar-refractivity contribution in [2.75, 3.05) is 11.4 Å². The molecule has 0 saturated carbocycles. The molecular weight excluding hydrogens is 210 g/mol. The van der Waals surface area contributed by atoms with Crippen LogP contribution in [-0.2, 0) is 0 Å². The summed E-state index contributed by atoms with van der Waals surface area (Å²) < 4.78 is 0. The molecule has 84 valence electrons. The molecule has 2 aromatic carbocycles. The summed E-state index contributed by atoms with van der Waals surface area (Å²) in [5.41, 5.74) is 3.00. The Hall–Kier alpha value is -2.09. The molecule has 0 amide bonds. The van der Waals surface area contributed by atoms with E-state index in [0.717, 1.165) is 23.5 Å². The minimum atomic E-state index is 0.243. The van der Waals surface area contributed by atoms with Crippen LogP contribution >= 0.6 is 0 Å². The number of fused-ring (bicyclic) bond motifs is 1. The second kappa shape index (κ2) is 4.06. The summed E-state index contributed by atoms with van der Waals surface area (Å²) in [6.45, 7) is 0.764. The van der Waals surface area contributed by atoms with E-state index in [2.05, 4.69) is 17.0 Å². The number of rotatable bonds is 1. The fourth-order valence-electron chi connectivity index (χ4n) is 2.29. The average molecular weight is 223 g/mol. The number of ketones is 1. The standard InChI is InChI=1S/C15H13NO/c17-15-10-11-16(12-6-2-1-3-7-12)14-9-5-4-8-13(14)15/h1-9H,10-11H2. The lowest BCUT2D eigenvalue weighted by Gasteiger charge is -2.30. The van der Waals surface area contributed by atoms with Crippen molar-refractivity contribution in [1.29, 1.82) is 0 Å². The van der Waals surface area contributed by atoms with Crippen LogP contribution in [-0.4, -0.2) is 12.3 Å². The molecule has 1 aliphatic rings. The van der Waals surface area contributed by atoms with E-state index in [1.807, 2.05) is 42.5 Å². The Kier molecular flexibility index (Phi) is 2.41. The summed E-state index contributed by atoms with van der Waals surface area (Å²) in [5.74, 6) is 0.243. The van der Waals surface area contributed by atoms with E-state index in [-0.39, 0.29) is 5.78 Å². The van der Waals surface area contributed by atoms with Crippen LogP contribution in [0.2, 0.25) is 0 Å². The predicted octanol–water partition coefficient (Wildman–Crippen LogP) is 3.41. The maximum atomic E-state index is 11.8. The molecule has 3 rings (SSSR count). The highest BCUT2D eigenvalue weighted by Gasteiger charge is 2.22. The highest BCUT2D eigenvalue weighted by molar-refractivity contribution is 6.04. The number of hydrogen-bond acceptors (Lipinski definition) is 2. The Morgan fingerprint density at radius 1 is 0.882 bits per heavy atom. The molecule has 0 N–H and O–H groups in total. The van der Waals surface area contributed by atoms with Crippen molar-refractivity contribution in [1.82, 2.24) is 0 Å². The fourth-order valence-corrected chi connectivity index (χ4v) is 2.29. The zero-order valence-corrected chi connectivity index (χ0v) is 9.47. The summed E-state index contributed by atoms with van der Waals surface area (Å²) in [6, 6.07) is 18.0. The number of hydrogen-bond donors (Lipinski definition) is 0. The number of benzene rings is 2. The lowest BCUT2D eigenvalue weighted by atomic mass is 10.00. The first-order chi connectivity index (χ1) is 8.36. The third-order valence-corrected chi connectivity index (χ3v) is 3.13. The first-order valence-electron chi connectivity index (χ1n) is 5.81. The van der Waals surface area contributed by atoms with E-state index in [1.165, 1.54) is 0 Å². The van der Waals surface area contributed by atoms with E-state index in [4.69, 9.17) is 0 Å². The van der Waals surface area contributed by atoms with Gasteiger partial charge in [0.1, 0.15) is 0 Å². The SMILES string of the molecule is O=C1CCN(c2ccccc2)c2ccccc21. The molecule has 1 heterocycles. The van der Waals surface area contributed by atoms with Crippen molar-refractivity contribution in [2.45, 2.75) is 6.42 Å². The maximum Gasteiger partial charge on any atom is 0.166 e. The zero-order valence-electron chi connectivity index (χ0n) is 9.47. The van der Waals surface area contributed by atoms with E-state index in [0.29, 0.717) is 6.42 Å². The van der Waals surface area contributed by atoms with Crippen LogP contribution in [0.5, 0.6) is 0 Å². The van der Waals surface area contributed by atoms with Gasteiger partial charge in [0, 0.05) is 24.2 Å². The average Bonchev–Trinajstić information content (AvgIpc) is 2.41.